The fourth-order valence-electron chi connectivity index (χ4n) is 5.44. The van der Waals surface area contributed by atoms with Crippen molar-refractivity contribution in [1.29, 1.82) is 0 Å². The second kappa shape index (κ2) is 16.3. The first kappa shape index (κ1) is 34.5. The van der Waals surface area contributed by atoms with Gasteiger partial charge in [-0.2, -0.15) is 0 Å². The molecule has 2 amide bonds. The number of aromatic nitrogens is 4. The van der Waals surface area contributed by atoms with Crippen molar-refractivity contribution in [2.45, 2.75) is 0 Å². The summed E-state index contributed by atoms with van der Waals surface area (Å²) in [6.45, 7) is 4.12. The summed E-state index contributed by atoms with van der Waals surface area (Å²) in [6, 6.07) is 27.1. The van der Waals surface area contributed by atoms with Crippen molar-refractivity contribution >= 4 is 33.9 Å². The highest BCUT2D eigenvalue weighted by Gasteiger charge is 2.12. The van der Waals surface area contributed by atoms with Gasteiger partial charge in [-0.15, -0.1) is 0 Å². The number of nitrogens with two attached hydrogens (primary N) is 1. The van der Waals surface area contributed by atoms with Gasteiger partial charge in [-0.25, -0.2) is 9.97 Å². The quantitative estimate of drug-likeness (QED) is 0.0941. The zero-order valence-corrected chi connectivity index (χ0v) is 28.3. The topological polar surface area (TPSA) is 163 Å². The van der Waals surface area contributed by atoms with Crippen LogP contribution in [-0.4, -0.2) is 103 Å². The van der Waals surface area contributed by atoms with Gasteiger partial charge in [-0.05, 0) is 73.8 Å². The third-order valence-electron chi connectivity index (χ3n) is 8.15. The first-order valence-corrected chi connectivity index (χ1v) is 16.7. The van der Waals surface area contributed by atoms with Crippen LogP contribution in [0.1, 0.15) is 20.7 Å². The minimum absolute atomic E-state index is 0.0916. The van der Waals surface area contributed by atoms with E-state index in [0.717, 1.165) is 62.5 Å². The SMILES string of the molecule is CN(C)CCNC(=O)c1ccc(-c2nc3cc(-c4ccc5[nH]c(-c6ccc(C(=O)NCCOCCOCCN)cc6)nc5c4)ccc3[nH]2)cc1. The second-order valence-corrected chi connectivity index (χ2v) is 12.1. The molecule has 0 aliphatic carbocycles. The van der Waals surface area contributed by atoms with E-state index in [0.29, 0.717) is 57.2 Å². The van der Waals surface area contributed by atoms with Gasteiger partial charge < -0.3 is 40.7 Å². The number of amides is 2. The Kier molecular flexibility index (Phi) is 11.3. The van der Waals surface area contributed by atoms with Gasteiger partial charge >= 0.3 is 0 Å². The maximum atomic E-state index is 12.6. The van der Waals surface area contributed by atoms with Crippen molar-refractivity contribution in [2.75, 3.05) is 66.7 Å². The molecular weight excluding hydrogens is 632 g/mol. The number of carbonyl (C=O) groups excluding carboxylic acids is 2. The number of ether oxygens (including phenoxy) is 2. The molecule has 0 spiro atoms. The number of benzene rings is 4. The number of nitrogens with one attached hydrogen (secondary N) is 4. The monoisotopic (exact) mass is 674 g/mol. The van der Waals surface area contributed by atoms with Crippen LogP contribution in [0, 0.1) is 0 Å². The lowest BCUT2D eigenvalue weighted by atomic mass is 10.0. The van der Waals surface area contributed by atoms with Crippen LogP contribution in [0.5, 0.6) is 0 Å². The van der Waals surface area contributed by atoms with Crippen molar-refractivity contribution in [3.63, 3.8) is 0 Å². The van der Waals surface area contributed by atoms with Gasteiger partial charge in [0, 0.05) is 48.4 Å². The molecule has 0 bridgehead atoms. The molecule has 0 aliphatic rings. The summed E-state index contributed by atoms with van der Waals surface area (Å²) >= 11 is 0. The maximum Gasteiger partial charge on any atom is 0.251 e. The molecule has 6 N–H and O–H groups in total. The van der Waals surface area contributed by atoms with Crippen LogP contribution in [0.3, 0.4) is 0 Å². The lowest BCUT2D eigenvalue weighted by Crippen LogP contribution is -2.31. The Bertz CT molecular complexity index is 2050. The molecule has 12 heteroatoms. The Morgan fingerprint density at radius 2 is 1.10 bits per heavy atom. The fraction of sp³-hybridized carbons (Fsp3) is 0.263. The minimum Gasteiger partial charge on any atom is -0.378 e. The van der Waals surface area contributed by atoms with E-state index in [1.807, 2.05) is 67.5 Å². The molecule has 2 aromatic heterocycles. The normalized spacial score (nSPS) is 11.4. The molecule has 2 heterocycles. The van der Waals surface area contributed by atoms with E-state index < -0.39 is 0 Å². The van der Waals surface area contributed by atoms with Crippen molar-refractivity contribution < 1.29 is 19.1 Å². The van der Waals surface area contributed by atoms with E-state index >= 15 is 0 Å². The van der Waals surface area contributed by atoms with Gasteiger partial charge in [-0.3, -0.25) is 9.59 Å². The highest BCUT2D eigenvalue weighted by atomic mass is 16.5. The summed E-state index contributed by atoms with van der Waals surface area (Å²) in [5, 5.41) is 5.81. The average molecular weight is 675 g/mol. The maximum absolute atomic E-state index is 12.6. The number of likely N-dealkylation sites (N-methyl/N-ethyl adjacent to an activating group) is 1. The number of hydrogen-bond donors (Lipinski definition) is 5. The van der Waals surface area contributed by atoms with Crippen LogP contribution in [-0.2, 0) is 9.47 Å². The van der Waals surface area contributed by atoms with E-state index in [1.165, 1.54) is 0 Å². The first-order chi connectivity index (χ1) is 24.4. The highest BCUT2D eigenvalue weighted by Crippen LogP contribution is 2.29. The molecule has 0 unspecified atom stereocenters. The molecular formula is C38H42N8O4. The Balaban J connectivity index is 1.08. The summed E-state index contributed by atoms with van der Waals surface area (Å²) in [4.78, 5) is 43.5. The van der Waals surface area contributed by atoms with Gasteiger partial charge in [0.2, 0.25) is 0 Å². The highest BCUT2D eigenvalue weighted by molar-refractivity contribution is 5.95. The average Bonchev–Trinajstić information content (AvgIpc) is 3.76. The van der Waals surface area contributed by atoms with Crippen LogP contribution in [0.25, 0.3) is 56.0 Å². The fourth-order valence-corrected chi connectivity index (χ4v) is 5.44. The standard InChI is InChI=1S/C38H42N8O4/c1-46(2)18-16-40-37(47)27-7-3-25(4-8-27)35-42-31-13-11-29(23-33(31)44-35)30-12-14-32-34(24-30)45-36(43-32)26-5-9-28(10-6-26)38(48)41-17-20-50-22-21-49-19-15-39/h3-14,23-24H,15-22,39H2,1-2H3,(H,40,47)(H,41,48)(H,42,44)(H,43,45). The molecule has 0 radical (unpaired) electrons. The number of aromatic amines is 2. The molecule has 6 rings (SSSR count). The summed E-state index contributed by atoms with van der Waals surface area (Å²) in [5.74, 6) is 1.20. The zero-order chi connectivity index (χ0) is 34.9. The summed E-state index contributed by atoms with van der Waals surface area (Å²) in [7, 11) is 3.95. The largest absolute Gasteiger partial charge is 0.378 e. The van der Waals surface area contributed by atoms with Crippen molar-refractivity contribution in [1.82, 2.24) is 35.5 Å². The van der Waals surface area contributed by atoms with E-state index in [-0.39, 0.29) is 11.8 Å². The summed E-state index contributed by atoms with van der Waals surface area (Å²) in [5.41, 5.74) is 13.9. The van der Waals surface area contributed by atoms with E-state index in [9.17, 15) is 9.59 Å². The smallest absolute Gasteiger partial charge is 0.251 e. The lowest BCUT2D eigenvalue weighted by Gasteiger charge is -2.10. The number of nitrogens with zero attached hydrogens (tertiary/aromatic N) is 3. The second-order valence-electron chi connectivity index (χ2n) is 12.1. The van der Waals surface area contributed by atoms with Gasteiger partial charge in [0.15, 0.2) is 0 Å². The Morgan fingerprint density at radius 3 is 1.58 bits per heavy atom. The Hall–Kier alpha value is -5.40. The van der Waals surface area contributed by atoms with Gasteiger partial charge in [0.25, 0.3) is 11.8 Å². The summed E-state index contributed by atoms with van der Waals surface area (Å²) < 4.78 is 10.7. The third kappa shape index (κ3) is 8.60. The molecule has 0 saturated carbocycles. The van der Waals surface area contributed by atoms with Gasteiger partial charge in [0.1, 0.15) is 11.6 Å². The van der Waals surface area contributed by atoms with E-state index in [2.05, 4.69) is 44.9 Å². The Morgan fingerprint density at radius 1 is 0.640 bits per heavy atom. The lowest BCUT2D eigenvalue weighted by molar-refractivity contribution is 0.0511. The third-order valence-corrected chi connectivity index (χ3v) is 8.15. The predicted molar refractivity (Wildman–Crippen MR) is 196 cm³/mol. The molecule has 0 fully saturated rings. The van der Waals surface area contributed by atoms with E-state index in [1.54, 1.807) is 12.1 Å². The first-order valence-electron chi connectivity index (χ1n) is 16.7. The number of rotatable bonds is 16. The van der Waals surface area contributed by atoms with Crippen LogP contribution >= 0.6 is 0 Å². The van der Waals surface area contributed by atoms with E-state index in [4.69, 9.17) is 25.2 Å². The molecule has 50 heavy (non-hydrogen) atoms. The van der Waals surface area contributed by atoms with Crippen molar-refractivity contribution in [3.05, 3.63) is 96.1 Å². The zero-order valence-electron chi connectivity index (χ0n) is 28.3. The molecule has 12 nitrogen and oxygen atoms in total. The molecule has 4 aromatic carbocycles. The van der Waals surface area contributed by atoms with Crippen molar-refractivity contribution in [3.8, 4) is 33.9 Å². The number of carbonyl (C=O) groups is 2. The number of fused-ring (bicyclic) bond motifs is 2. The number of imidazole rings is 2. The number of hydrogen-bond acceptors (Lipinski definition) is 8. The number of H-pyrrole nitrogens is 2. The molecule has 0 atom stereocenters. The molecule has 6 aromatic rings. The van der Waals surface area contributed by atoms with Crippen molar-refractivity contribution in [2.24, 2.45) is 5.73 Å². The molecule has 0 saturated heterocycles. The predicted octanol–water partition coefficient (Wildman–Crippen LogP) is 4.45. The minimum atomic E-state index is -0.164. The van der Waals surface area contributed by atoms with Crippen LogP contribution in [0.2, 0.25) is 0 Å². The molecule has 0 aliphatic heterocycles. The van der Waals surface area contributed by atoms with Gasteiger partial charge in [0.05, 0.1) is 48.5 Å². The van der Waals surface area contributed by atoms with Gasteiger partial charge in [-0.1, -0.05) is 36.4 Å². The van der Waals surface area contributed by atoms with Crippen LogP contribution in [0.15, 0.2) is 84.9 Å². The summed E-state index contributed by atoms with van der Waals surface area (Å²) in [6.07, 6.45) is 0. The molecule has 258 valence electrons. The van der Waals surface area contributed by atoms with Crippen LogP contribution in [0.4, 0.5) is 0 Å². The Labute approximate surface area is 290 Å². The van der Waals surface area contributed by atoms with Crippen LogP contribution < -0.4 is 16.4 Å².